The van der Waals surface area contributed by atoms with Crippen molar-refractivity contribution < 1.29 is 61.3 Å². The quantitative estimate of drug-likeness (QED) is 0.0303. The van der Waals surface area contributed by atoms with E-state index in [1.807, 2.05) is 48.5 Å². The molecule has 0 atom stereocenters. The van der Waals surface area contributed by atoms with Gasteiger partial charge in [-0.2, -0.15) is 0 Å². The number of benzene rings is 8. The van der Waals surface area contributed by atoms with Gasteiger partial charge >= 0.3 is 0 Å². The molecule has 0 spiro atoms. The van der Waals surface area contributed by atoms with E-state index in [0.717, 1.165) is 247 Å². The van der Waals surface area contributed by atoms with Gasteiger partial charge in [0, 0.05) is 45.9 Å². The van der Waals surface area contributed by atoms with Crippen molar-refractivity contribution in [2.24, 2.45) is 0 Å². The lowest BCUT2D eigenvalue weighted by molar-refractivity contribution is 0.273. The summed E-state index contributed by atoms with van der Waals surface area (Å²) in [7, 11) is 0. The molecule has 116 heavy (non-hydrogen) atoms. The van der Waals surface area contributed by atoms with Crippen molar-refractivity contribution in [2.75, 3.05) is 0 Å². The van der Waals surface area contributed by atoms with E-state index in [1.165, 1.54) is 99.3 Å². The topological polar surface area (TPSA) is 243 Å². The van der Waals surface area contributed by atoms with Gasteiger partial charge in [0.25, 0.3) is 0 Å². The summed E-state index contributed by atoms with van der Waals surface area (Å²) in [6.45, 7) is -1.44. The minimum Gasteiger partial charge on any atom is -0.508 e. The number of aromatic hydroxyl groups is 8. The summed E-state index contributed by atoms with van der Waals surface area (Å²) in [4.78, 5) is 0. The zero-order chi connectivity index (χ0) is 80.3. The fraction of sp³-hybridized carbons (Fsp3) is 0.538. The minimum atomic E-state index is -0.540. The van der Waals surface area contributed by atoms with Gasteiger partial charge in [0.05, 0.1) is 26.4 Å². The second-order valence-corrected chi connectivity index (χ2v) is 37.0. The van der Waals surface area contributed by atoms with Gasteiger partial charge in [0.1, 0.15) is 46.0 Å². The first-order valence-electron chi connectivity index (χ1n) is 45.9. The van der Waals surface area contributed by atoms with Crippen molar-refractivity contribution in [1.29, 1.82) is 0 Å². The molecule has 620 valence electrons. The Morgan fingerprint density at radius 2 is 0.328 bits per heavy atom. The van der Waals surface area contributed by atoms with Gasteiger partial charge in [-0.05, 0) is 288 Å². The zero-order valence-electron chi connectivity index (χ0n) is 69.0. The predicted octanol–water partition coefficient (Wildman–Crippen LogP) is 25.3. The van der Waals surface area contributed by atoms with Crippen molar-refractivity contribution >= 4 is 0 Å². The van der Waals surface area contributed by atoms with Crippen LogP contribution in [0.15, 0.2) is 121 Å². The fourth-order valence-corrected chi connectivity index (χ4v) is 23.4. The first-order chi connectivity index (χ1) is 56.7. The van der Waals surface area contributed by atoms with Crippen LogP contribution in [0.1, 0.15) is 439 Å². The second-order valence-electron chi connectivity index (χ2n) is 37.0. The Hall–Kier alpha value is -8.00. The van der Waals surface area contributed by atoms with Crippen molar-refractivity contribution in [3.05, 3.63) is 233 Å². The Balaban J connectivity index is 0.000000184. The molecule has 0 aliphatic heterocycles. The van der Waals surface area contributed by atoms with Gasteiger partial charge in [-0.1, -0.05) is 227 Å². The summed E-state index contributed by atoms with van der Waals surface area (Å²) in [5.74, 6) is 2.53. The number of phenols is 8. The SMILES string of the molecule is OCc1cc(C(c2cc(CO)c(O)c(C3CCCCC3)c2)C(c2cc(CO)c(O)c(C3CCCCC3)c2)c2cc(CO)c(O)c(C3CCCCC3)c2)cc(C2CCCCC2)c1O.Oc1ccc(C(c2ccc(O)c(C3CCCCC3)c2)C(c2ccc(O)c(C3CCCCC3)c2)c2ccc(O)c(C3CCCCC3)c2)cc1C1CCCCC1. The Morgan fingerprint density at radius 1 is 0.181 bits per heavy atom. The van der Waals surface area contributed by atoms with Crippen LogP contribution in [-0.4, -0.2) is 61.3 Å². The summed E-state index contributed by atoms with van der Waals surface area (Å²) in [6, 6.07) is 41.6. The molecule has 0 amide bonds. The molecule has 16 rings (SSSR count). The van der Waals surface area contributed by atoms with E-state index in [2.05, 4.69) is 72.8 Å². The van der Waals surface area contributed by atoms with Gasteiger partial charge in [-0.15, -0.1) is 0 Å². The average Bonchev–Trinajstić information content (AvgIpc) is 0.760. The van der Waals surface area contributed by atoms with Crippen LogP contribution in [0.3, 0.4) is 0 Å². The van der Waals surface area contributed by atoms with Crippen LogP contribution < -0.4 is 0 Å². The molecule has 8 aliphatic rings. The number of rotatable bonds is 22. The van der Waals surface area contributed by atoms with Crippen LogP contribution in [0.25, 0.3) is 0 Å². The summed E-state index contributed by atoms with van der Waals surface area (Å²) < 4.78 is 0. The highest BCUT2D eigenvalue weighted by Crippen LogP contribution is 2.56. The number of phenolic OH excluding ortho intramolecular Hbond substituents is 4. The monoisotopic (exact) mass is 1570 g/mol. The maximum absolute atomic E-state index is 11.8. The van der Waals surface area contributed by atoms with Gasteiger partial charge in [0.15, 0.2) is 0 Å². The molecule has 0 radical (unpaired) electrons. The molecule has 0 heterocycles. The lowest BCUT2D eigenvalue weighted by Crippen LogP contribution is -2.19. The van der Waals surface area contributed by atoms with Crippen molar-refractivity contribution in [2.45, 2.75) is 354 Å². The molecule has 12 N–H and O–H groups in total. The smallest absolute Gasteiger partial charge is 0.124 e. The third-order valence-electron chi connectivity index (χ3n) is 29.7. The van der Waals surface area contributed by atoms with Crippen LogP contribution >= 0.6 is 0 Å². The molecule has 0 bridgehead atoms. The minimum absolute atomic E-state index is 0.110. The van der Waals surface area contributed by atoms with E-state index in [-0.39, 0.29) is 84.9 Å². The van der Waals surface area contributed by atoms with Gasteiger partial charge < -0.3 is 61.3 Å². The van der Waals surface area contributed by atoms with Crippen LogP contribution in [0, 0.1) is 0 Å². The molecule has 8 aromatic rings. The number of aliphatic hydroxyl groups is 4. The zero-order valence-corrected chi connectivity index (χ0v) is 69.0. The summed E-state index contributed by atoms with van der Waals surface area (Å²) >= 11 is 0. The summed E-state index contributed by atoms with van der Waals surface area (Å²) in [5.41, 5.74) is 17.4. The Bertz CT molecular complexity index is 4030. The third-order valence-corrected chi connectivity index (χ3v) is 29.7. The van der Waals surface area contributed by atoms with Gasteiger partial charge in [-0.25, -0.2) is 0 Å². The highest BCUT2D eigenvalue weighted by molar-refractivity contribution is 5.60. The molecular weight excluding hydrogens is 1440 g/mol. The summed E-state index contributed by atoms with van der Waals surface area (Å²) in [5, 5.41) is 137. The van der Waals surface area contributed by atoms with Crippen molar-refractivity contribution in [3.63, 3.8) is 0 Å². The van der Waals surface area contributed by atoms with Crippen LogP contribution in [0.4, 0.5) is 0 Å². The molecule has 0 saturated heterocycles. The average molecular weight is 1570 g/mol. The Morgan fingerprint density at radius 3 is 0.491 bits per heavy atom. The standard InChI is InChI=1S/C54H70O8.C50H62O4/c55-29-41-21-37(25-45(51(41)59)33-13-5-1-6-14-33)49(38-22-42(30-56)52(60)46(26-38)34-15-7-2-8-16-34)50(39-23-43(31-57)53(61)47(27-39)35-17-9-3-10-18-35)40-24-44(32-58)54(62)48(28-40)36-19-11-4-12-20-36;51-45-25-21-37(29-41(45)33-13-5-1-6-14-33)49(38-22-26-46(52)42(30-38)34-15-7-2-8-16-34)50(39-23-27-47(53)43(31-39)35-17-9-3-10-18-35)40-24-28-48(54)44(32-40)36-19-11-4-12-20-36/h21-28,33-36,49-50,55-62H,1-20,29-32H2;21-36,49-54H,1-20H2. The fourth-order valence-electron chi connectivity index (χ4n) is 23.4. The lowest BCUT2D eigenvalue weighted by Gasteiger charge is -2.35. The van der Waals surface area contributed by atoms with E-state index in [4.69, 9.17) is 0 Å². The first kappa shape index (κ1) is 83.1. The first-order valence-corrected chi connectivity index (χ1v) is 45.9. The molecule has 12 nitrogen and oxygen atoms in total. The molecule has 8 fully saturated rings. The maximum atomic E-state index is 11.8. The van der Waals surface area contributed by atoms with Crippen LogP contribution in [0.5, 0.6) is 46.0 Å². The highest BCUT2D eigenvalue weighted by Gasteiger charge is 2.39. The molecular formula is C104H132O12. The van der Waals surface area contributed by atoms with Crippen molar-refractivity contribution in [3.8, 4) is 46.0 Å². The molecule has 12 heteroatoms. The molecule has 8 aromatic carbocycles. The Kier molecular flexibility index (Phi) is 27.8. The number of aliphatic hydroxyl groups excluding tert-OH is 4. The molecule has 8 saturated carbocycles. The predicted molar refractivity (Wildman–Crippen MR) is 463 cm³/mol. The van der Waals surface area contributed by atoms with Crippen LogP contribution in [0.2, 0.25) is 0 Å². The van der Waals surface area contributed by atoms with Crippen molar-refractivity contribution in [1.82, 2.24) is 0 Å². The largest absolute Gasteiger partial charge is 0.508 e. The van der Waals surface area contributed by atoms with Gasteiger partial charge in [-0.3, -0.25) is 0 Å². The second kappa shape index (κ2) is 38.8. The number of hydrogen-bond acceptors (Lipinski definition) is 12. The highest BCUT2D eigenvalue weighted by atomic mass is 16.3. The van der Waals surface area contributed by atoms with Gasteiger partial charge in [0.2, 0.25) is 0 Å². The number of hydrogen-bond donors (Lipinski definition) is 12. The van der Waals surface area contributed by atoms with E-state index >= 15 is 0 Å². The van der Waals surface area contributed by atoms with Crippen LogP contribution in [-0.2, 0) is 26.4 Å². The summed E-state index contributed by atoms with van der Waals surface area (Å²) in [6.07, 6.45) is 43.8. The lowest BCUT2D eigenvalue weighted by atomic mass is 9.69. The van der Waals surface area contributed by atoms with E-state index in [1.54, 1.807) is 0 Å². The molecule has 0 unspecified atom stereocenters. The normalized spacial score (nSPS) is 19.3. The maximum Gasteiger partial charge on any atom is 0.124 e. The van der Waals surface area contributed by atoms with E-state index in [9.17, 15) is 61.3 Å². The van der Waals surface area contributed by atoms with E-state index < -0.39 is 11.8 Å². The molecule has 8 aliphatic carbocycles. The molecule has 0 aromatic heterocycles. The third kappa shape index (κ3) is 18.4. The Labute approximate surface area is 690 Å². The van der Waals surface area contributed by atoms with E-state index in [0.29, 0.717) is 68.9 Å².